The molecule has 0 aromatic heterocycles. The van der Waals surface area contributed by atoms with Gasteiger partial charge in [0.25, 0.3) is 0 Å². The van der Waals surface area contributed by atoms with Crippen molar-refractivity contribution in [3.8, 4) is 0 Å². The Bertz CT molecular complexity index is 835. The third-order valence-electron chi connectivity index (χ3n) is 15.4. The summed E-state index contributed by atoms with van der Waals surface area (Å²) >= 11 is 11.1. The molecule has 0 aromatic carbocycles. The molecule has 288 valence electrons. The Morgan fingerprint density at radius 2 is 0.780 bits per heavy atom. The monoisotopic (exact) mass is 745 g/mol. The Balaban J connectivity index is 1.13. The minimum Gasteiger partial charge on any atom is -0.317 e. The first-order valence-corrected chi connectivity index (χ1v) is 25.2. The molecule has 0 amide bonds. The van der Waals surface area contributed by atoms with Crippen molar-refractivity contribution in [2.75, 3.05) is 26.2 Å². The second-order valence-electron chi connectivity index (χ2n) is 18.7. The second kappa shape index (κ2) is 22.9. The molecule has 5 heteroatoms. The molecule has 6 aliphatic rings. The van der Waals surface area contributed by atoms with Crippen molar-refractivity contribution in [2.24, 2.45) is 47.3 Å². The molecule has 4 aliphatic carbocycles. The van der Waals surface area contributed by atoms with E-state index in [1.165, 1.54) is 222 Å². The lowest BCUT2D eigenvalue weighted by Crippen LogP contribution is -2.35. The summed E-state index contributed by atoms with van der Waals surface area (Å²) in [5.41, 5.74) is 0. The van der Waals surface area contributed by atoms with Gasteiger partial charge < -0.3 is 10.6 Å². The van der Waals surface area contributed by atoms with Gasteiger partial charge in [0.05, 0.1) is 0 Å². The van der Waals surface area contributed by atoms with Crippen molar-refractivity contribution in [1.82, 2.24) is 10.6 Å². The van der Waals surface area contributed by atoms with E-state index in [-0.39, 0.29) is 0 Å². The summed E-state index contributed by atoms with van der Waals surface area (Å²) in [5, 5.41) is 8.95. The zero-order chi connectivity index (χ0) is 34.2. The fourth-order valence-electron chi connectivity index (χ4n) is 12.1. The summed E-state index contributed by atoms with van der Waals surface area (Å²) in [6.45, 7) is 5.01. The first kappa shape index (κ1) is 40.4. The number of rotatable bonds is 16. The number of thioether (sulfide) groups is 2. The lowest BCUT2D eigenvalue weighted by Gasteiger charge is -2.39. The molecule has 6 rings (SSSR count). The van der Waals surface area contributed by atoms with E-state index in [2.05, 4.69) is 34.2 Å². The highest BCUT2D eigenvalue weighted by Gasteiger charge is 2.36. The Hall–Kier alpha value is 0.710. The molecule has 2 heterocycles. The van der Waals surface area contributed by atoms with Crippen LogP contribution in [-0.2, 0) is 0 Å². The average molecular weight is 745 g/mol. The quantitative estimate of drug-likeness (QED) is 0.153. The first-order valence-electron chi connectivity index (χ1n) is 23.0. The molecular weight excluding hydrogens is 665 g/mol. The molecule has 4 saturated carbocycles. The maximum absolute atomic E-state index is 6.60. The number of hydrogen-bond donors (Lipinski definition) is 2. The molecule has 0 bridgehead atoms. The van der Waals surface area contributed by atoms with Gasteiger partial charge >= 0.3 is 0 Å². The standard InChI is InChI=1S/C45H80N2S3/c48-45(49-43(39-17-9-3-10-18-39)33-41(37-25-29-46-30-26-37)23-21-35-13-5-1-6-14-35)50-44(40-19-11-4-12-20-40)34-42(38-27-31-47-32-28-38)24-22-36-15-7-2-8-16-36/h35-44,46-47H,1-34H2. The van der Waals surface area contributed by atoms with Gasteiger partial charge in [-0.1, -0.05) is 128 Å². The zero-order valence-electron chi connectivity index (χ0n) is 32.5. The summed E-state index contributed by atoms with van der Waals surface area (Å²) in [6.07, 6.45) is 44.3. The van der Waals surface area contributed by atoms with Crippen molar-refractivity contribution >= 4 is 39.3 Å². The molecule has 6 fully saturated rings. The van der Waals surface area contributed by atoms with Gasteiger partial charge in [-0.3, -0.25) is 0 Å². The van der Waals surface area contributed by atoms with Gasteiger partial charge in [0.15, 0.2) is 0 Å². The molecule has 2 nitrogen and oxygen atoms in total. The number of piperidine rings is 2. The van der Waals surface area contributed by atoms with E-state index in [9.17, 15) is 0 Å². The van der Waals surface area contributed by atoms with E-state index in [1.54, 1.807) is 0 Å². The van der Waals surface area contributed by atoms with Gasteiger partial charge in [-0.15, -0.1) is 23.5 Å². The van der Waals surface area contributed by atoms with Crippen molar-refractivity contribution < 1.29 is 0 Å². The van der Waals surface area contributed by atoms with Crippen molar-refractivity contribution in [3.05, 3.63) is 0 Å². The lowest BCUT2D eigenvalue weighted by molar-refractivity contribution is 0.195. The van der Waals surface area contributed by atoms with Gasteiger partial charge in [-0.2, -0.15) is 0 Å². The van der Waals surface area contributed by atoms with E-state index in [0.717, 1.165) is 57.8 Å². The van der Waals surface area contributed by atoms with Crippen LogP contribution in [0.1, 0.15) is 193 Å². The molecule has 0 spiro atoms. The Kier molecular flexibility index (Phi) is 18.5. The average Bonchev–Trinajstić information content (AvgIpc) is 3.19. The molecule has 4 atom stereocenters. The molecule has 0 radical (unpaired) electrons. The summed E-state index contributed by atoms with van der Waals surface area (Å²) in [7, 11) is 0. The highest BCUT2D eigenvalue weighted by Crippen LogP contribution is 2.47. The van der Waals surface area contributed by atoms with Crippen LogP contribution in [-0.4, -0.2) is 40.2 Å². The van der Waals surface area contributed by atoms with Crippen molar-refractivity contribution in [2.45, 2.75) is 203 Å². The van der Waals surface area contributed by atoms with Crippen LogP contribution in [0.3, 0.4) is 0 Å². The van der Waals surface area contributed by atoms with Crippen LogP contribution in [0.5, 0.6) is 0 Å². The van der Waals surface area contributed by atoms with Gasteiger partial charge in [0.2, 0.25) is 0 Å². The second-order valence-corrected chi connectivity index (χ2v) is 22.4. The Morgan fingerprint density at radius 3 is 1.14 bits per heavy atom. The smallest absolute Gasteiger partial charge is 0.104 e. The van der Waals surface area contributed by atoms with Crippen LogP contribution in [0.15, 0.2) is 0 Å². The molecule has 2 N–H and O–H groups in total. The van der Waals surface area contributed by atoms with Crippen molar-refractivity contribution in [3.63, 3.8) is 0 Å². The molecule has 2 aliphatic heterocycles. The van der Waals surface area contributed by atoms with Gasteiger partial charge in [0.1, 0.15) is 3.53 Å². The topological polar surface area (TPSA) is 24.1 Å². The maximum Gasteiger partial charge on any atom is 0.104 e. The third kappa shape index (κ3) is 13.5. The van der Waals surface area contributed by atoms with Crippen LogP contribution >= 0.6 is 35.7 Å². The van der Waals surface area contributed by atoms with Crippen LogP contribution in [0.4, 0.5) is 0 Å². The van der Waals surface area contributed by atoms with E-state index in [0.29, 0.717) is 0 Å². The minimum absolute atomic E-state index is 0.764. The van der Waals surface area contributed by atoms with Crippen LogP contribution < -0.4 is 10.6 Å². The highest BCUT2D eigenvalue weighted by atomic mass is 32.2. The van der Waals surface area contributed by atoms with E-state index < -0.39 is 0 Å². The summed E-state index contributed by atoms with van der Waals surface area (Å²) in [6, 6.07) is 0. The van der Waals surface area contributed by atoms with Gasteiger partial charge in [-0.25, -0.2) is 0 Å². The molecule has 0 aromatic rings. The Labute approximate surface area is 324 Å². The molecule has 4 unspecified atom stereocenters. The number of hydrogen-bond acceptors (Lipinski definition) is 5. The fourth-order valence-corrected chi connectivity index (χ4v) is 15.9. The highest BCUT2D eigenvalue weighted by molar-refractivity contribution is 8.47. The minimum atomic E-state index is 0.764. The van der Waals surface area contributed by atoms with Crippen LogP contribution in [0.2, 0.25) is 0 Å². The predicted molar refractivity (Wildman–Crippen MR) is 228 cm³/mol. The number of thiocarbonyl (C=S) groups is 1. The van der Waals surface area contributed by atoms with Crippen LogP contribution in [0, 0.1) is 47.3 Å². The third-order valence-corrected chi connectivity index (χ3v) is 18.7. The molecular formula is C45H80N2S3. The van der Waals surface area contributed by atoms with E-state index >= 15 is 0 Å². The van der Waals surface area contributed by atoms with Crippen LogP contribution in [0.25, 0.3) is 0 Å². The maximum atomic E-state index is 6.60. The largest absolute Gasteiger partial charge is 0.317 e. The molecule has 2 saturated heterocycles. The van der Waals surface area contributed by atoms with Gasteiger partial charge in [0, 0.05) is 10.5 Å². The number of nitrogens with one attached hydrogen (secondary N) is 2. The predicted octanol–water partition coefficient (Wildman–Crippen LogP) is 13.4. The summed E-state index contributed by atoms with van der Waals surface area (Å²) in [5.74, 6) is 7.57. The SMILES string of the molecule is S=C(SC(CC(CCC1CCCCC1)C1CCNCC1)C1CCCCC1)SC(CC(CCC1CCCCC1)C1CCNCC1)C1CCCCC1. The van der Waals surface area contributed by atoms with E-state index in [1.807, 2.05) is 0 Å². The van der Waals surface area contributed by atoms with E-state index in [4.69, 9.17) is 12.2 Å². The molecule has 50 heavy (non-hydrogen) atoms. The normalized spacial score (nSPS) is 27.5. The lowest BCUT2D eigenvalue weighted by atomic mass is 9.74. The fraction of sp³-hybridized carbons (Fsp3) is 0.978. The zero-order valence-corrected chi connectivity index (χ0v) is 35.0. The van der Waals surface area contributed by atoms with Crippen molar-refractivity contribution in [1.29, 1.82) is 0 Å². The van der Waals surface area contributed by atoms with Gasteiger partial charge in [-0.05, 0) is 151 Å². The Morgan fingerprint density at radius 1 is 0.440 bits per heavy atom. The summed E-state index contributed by atoms with van der Waals surface area (Å²) < 4.78 is 1.36. The first-order chi connectivity index (χ1) is 24.7. The summed E-state index contributed by atoms with van der Waals surface area (Å²) in [4.78, 5) is 0.